The van der Waals surface area contributed by atoms with E-state index >= 15 is 0 Å². The molecule has 12 nitrogen and oxygen atoms in total. The Labute approximate surface area is 323 Å². The predicted molar refractivity (Wildman–Crippen MR) is 217 cm³/mol. The number of benzene rings is 3. The van der Waals surface area contributed by atoms with Gasteiger partial charge in [0.2, 0.25) is 11.8 Å². The molecule has 0 bridgehead atoms. The number of aromatic nitrogens is 4. The number of nitrogens with one attached hydrogen (secondary N) is 3. The predicted octanol–water partition coefficient (Wildman–Crippen LogP) is 7.78. The van der Waals surface area contributed by atoms with Crippen LogP contribution < -0.4 is 5.32 Å². The van der Waals surface area contributed by atoms with Crippen molar-refractivity contribution in [1.82, 2.24) is 35.1 Å². The molecule has 12 heteroatoms. The van der Waals surface area contributed by atoms with E-state index in [1.165, 1.54) is 12.7 Å². The number of fused-ring (bicyclic) bond motifs is 2. The lowest BCUT2D eigenvalue weighted by atomic mass is 9.94. The van der Waals surface area contributed by atoms with Gasteiger partial charge in [-0.3, -0.25) is 9.59 Å². The van der Waals surface area contributed by atoms with Crippen LogP contribution in [0.2, 0.25) is 0 Å². The lowest BCUT2D eigenvalue weighted by Crippen LogP contribution is -2.53. The number of methoxy groups -OCH3 is 1. The maximum absolute atomic E-state index is 13.8. The number of ether oxygens (including phenoxy) is 1. The van der Waals surface area contributed by atoms with Crippen LogP contribution in [0.3, 0.4) is 0 Å². The van der Waals surface area contributed by atoms with Gasteiger partial charge < -0.3 is 34.9 Å². The maximum atomic E-state index is 13.8. The van der Waals surface area contributed by atoms with E-state index in [0.29, 0.717) is 18.9 Å². The Bertz CT molecular complexity index is 2090. The largest absolute Gasteiger partial charge is 0.453 e. The molecule has 0 spiro atoms. The molecule has 55 heavy (non-hydrogen) atoms. The summed E-state index contributed by atoms with van der Waals surface area (Å²) in [6, 6.07) is 18.3. The van der Waals surface area contributed by atoms with E-state index in [4.69, 9.17) is 14.8 Å². The molecule has 0 aliphatic carbocycles. The van der Waals surface area contributed by atoms with Gasteiger partial charge in [0.25, 0.3) is 0 Å². The monoisotopic (exact) mass is 749 g/mol. The molecule has 2 aliphatic heterocycles. The van der Waals surface area contributed by atoms with Crippen LogP contribution in [-0.4, -0.2) is 92.6 Å². The van der Waals surface area contributed by atoms with Gasteiger partial charge in [0.15, 0.2) is 0 Å². The second-order valence-electron chi connectivity index (χ2n) is 14.2. The zero-order valence-electron chi connectivity index (χ0n) is 32.9. The lowest BCUT2D eigenvalue weighted by Gasteiger charge is -2.38. The van der Waals surface area contributed by atoms with Crippen molar-refractivity contribution in [3.8, 4) is 22.4 Å². The van der Waals surface area contributed by atoms with Crippen molar-refractivity contribution < 1.29 is 24.2 Å². The molecule has 2 aliphatic rings. The Kier molecular flexibility index (Phi) is 14.2. The summed E-state index contributed by atoms with van der Waals surface area (Å²) >= 11 is 0. The Morgan fingerprint density at radius 2 is 1.71 bits per heavy atom. The molecule has 0 saturated carbocycles. The van der Waals surface area contributed by atoms with Gasteiger partial charge in [-0.05, 0) is 84.7 Å². The number of carbonyl (C=O) groups is 3. The number of amides is 3. The first-order valence-corrected chi connectivity index (χ1v) is 19.2. The molecule has 1 fully saturated rings. The van der Waals surface area contributed by atoms with E-state index in [9.17, 15) is 14.4 Å². The number of nitrogens with zero attached hydrogens (tertiary/aromatic N) is 4. The Balaban J connectivity index is 0.000000382. The zero-order valence-corrected chi connectivity index (χ0v) is 32.9. The molecule has 5 aromatic rings. The number of aliphatic hydroxyl groups is 1. The van der Waals surface area contributed by atoms with Crippen LogP contribution in [0.15, 0.2) is 78.8 Å². The molecule has 4 N–H and O–H groups in total. The zero-order chi connectivity index (χ0) is 39.5. The highest BCUT2D eigenvalue weighted by atomic mass is 16.5. The minimum atomic E-state index is -0.650. The molecule has 2 aromatic heterocycles. The van der Waals surface area contributed by atoms with E-state index in [0.717, 1.165) is 102 Å². The minimum Gasteiger partial charge on any atom is -0.453 e. The first kappa shape index (κ1) is 40.7. The number of hydrogen-bond donors (Lipinski definition) is 4. The summed E-state index contributed by atoms with van der Waals surface area (Å²) in [5.41, 5.74) is 7.42. The molecule has 3 unspecified atom stereocenters. The van der Waals surface area contributed by atoms with Crippen molar-refractivity contribution in [3.63, 3.8) is 0 Å². The first-order chi connectivity index (χ1) is 26.7. The number of aromatic amines is 2. The molecular formula is C43H55N7O5. The van der Waals surface area contributed by atoms with Crippen molar-refractivity contribution in [2.75, 3.05) is 33.9 Å². The summed E-state index contributed by atoms with van der Waals surface area (Å²) in [6.45, 7) is 10.4. The number of likely N-dealkylation sites (tertiary alicyclic amines) is 1. The Morgan fingerprint density at radius 3 is 2.36 bits per heavy atom. The molecule has 3 atom stereocenters. The topological polar surface area (TPSA) is 157 Å². The maximum Gasteiger partial charge on any atom is 0.407 e. The van der Waals surface area contributed by atoms with Crippen LogP contribution in [0.25, 0.3) is 44.2 Å². The second kappa shape index (κ2) is 19.2. The van der Waals surface area contributed by atoms with Gasteiger partial charge >= 0.3 is 6.09 Å². The molecule has 4 heterocycles. The highest BCUT2D eigenvalue weighted by Crippen LogP contribution is 2.34. The third-order valence-corrected chi connectivity index (χ3v) is 10.4. The molecular weight excluding hydrogens is 695 g/mol. The summed E-state index contributed by atoms with van der Waals surface area (Å²) in [7, 11) is 2.32. The van der Waals surface area contributed by atoms with Gasteiger partial charge in [-0.15, -0.1) is 0 Å². The van der Waals surface area contributed by atoms with E-state index < -0.39 is 12.1 Å². The molecule has 3 aromatic carbocycles. The number of H-pyrrole nitrogens is 2. The van der Waals surface area contributed by atoms with E-state index in [1.807, 2.05) is 42.8 Å². The fourth-order valence-electron chi connectivity index (χ4n) is 7.16. The quantitative estimate of drug-likeness (QED) is 0.112. The van der Waals surface area contributed by atoms with Crippen molar-refractivity contribution >= 4 is 39.7 Å². The van der Waals surface area contributed by atoms with Crippen molar-refractivity contribution in [2.24, 2.45) is 5.92 Å². The van der Waals surface area contributed by atoms with Gasteiger partial charge in [0.1, 0.15) is 11.9 Å². The van der Waals surface area contributed by atoms with Gasteiger partial charge in [-0.25, -0.2) is 14.8 Å². The fraction of sp³-hybridized carbons (Fsp3) is 0.419. The van der Waals surface area contributed by atoms with E-state index in [2.05, 4.69) is 81.8 Å². The van der Waals surface area contributed by atoms with E-state index in [1.54, 1.807) is 6.33 Å². The highest BCUT2D eigenvalue weighted by Gasteiger charge is 2.37. The Morgan fingerprint density at radius 1 is 1.00 bits per heavy atom. The number of imidazole rings is 2. The third kappa shape index (κ3) is 9.79. The molecule has 3 amide bonds. The average molecular weight is 750 g/mol. The number of aliphatic hydroxyl groups excluding tert-OH is 1. The average Bonchev–Trinajstić information content (AvgIpc) is 4.02. The molecule has 0 radical (unpaired) electrons. The SMILES string of the molecule is CCC(C)C(NC(=O)OC)C(=O)N1CCCCC1c1nc2ccc(-c3ccc4cc(-c5cnc[nH]5)ccc4c3)cc2[nH]1.CCCC(=O)N1CC=C(C)C1.CO. The third-order valence-electron chi connectivity index (χ3n) is 10.4. The number of rotatable bonds is 9. The van der Waals surface area contributed by atoms with Crippen LogP contribution in [0.1, 0.15) is 78.1 Å². The fourth-order valence-corrected chi connectivity index (χ4v) is 7.16. The van der Waals surface area contributed by atoms with Crippen LogP contribution >= 0.6 is 0 Å². The van der Waals surface area contributed by atoms with Crippen molar-refractivity contribution in [2.45, 2.75) is 78.3 Å². The number of piperidine rings is 1. The normalized spacial score (nSPS) is 16.3. The summed E-state index contributed by atoms with van der Waals surface area (Å²) in [6.07, 6.45) is 10.2. The van der Waals surface area contributed by atoms with Gasteiger partial charge in [0, 0.05) is 38.7 Å². The number of carbonyl (C=O) groups excluding carboxylic acids is 3. The minimum absolute atomic E-state index is 0.0311. The summed E-state index contributed by atoms with van der Waals surface area (Å²) in [5, 5.41) is 12.1. The van der Waals surface area contributed by atoms with Gasteiger partial charge in [-0.1, -0.05) is 69.2 Å². The summed E-state index contributed by atoms with van der Waals surface area (Å²) in [5.74, 6) is 0.950. The van der Waals surface area contributed by atoms with E-state index in [-0.39, 0.29) is 17.9 Å². The highest BCUT2D eigenvalue weighted by molar-refractivity contribution is 5.92. The van der Waals surface area contributed by atoms with Gasteiger partial charge in [-0.2, -0.15) is 0 Å². The van der Waals surface area contributed by atoms with Crippen molar-refractivity contribution in [1.29, 1.82) is 0 Å². The summed E-state index contributed by atoms with van der Waals surface area (Å²) in [4.78, 5) is 56.7. The standard InChI is InChI=1S/C33H36N6O3.C9H15NO.CH4O/c1-4-20(2)30(38-33(41)42-3)32(40)39-14-6-5-7-29(39)31-36-26-13-12-24(17-27(26)37-31)22-8-9-23-16-25(11-10-21(23)15-22)28-18-34-19-35-28;1-3-4-9(11)10-6-5-8(2)7-10;1-2/h8-13,15-20,29-30H,4-7,14H2,1-3H3,(H,34,35)(H,36,37)(H,38,41);5H,3-4,6-7H2,1-2H3;2H,1H3. The smallest absolute Gasteiger partial charge is 0.407 e. The number of alkyl carbamates (subject to hydrolysis) is 1. The van der Waals surface area contributed by atoms with Crippen LogP contribution in [0.5, 0.6) is 0 Å². The first-order valence-electron chi connectivity index (χ1n) is 19.2. The molecule has 1 saturated heterocycles. The van der Waals surface area contributed by atoms with Crippen LogP contribution in [0, 0.1) is 5.92 Å². The lowest BCUT2D eigenvalue weighted by molar-refractivity contribution is -0.138. The van der Waals surface area contributed by atoms with Crippen LogP contribution in [-0.2, 0) is 14.3 Å². The van der Waals surface area contributed by atoms with Crippen molar-refractivity contribution in [3.05, 3.63) is 84.6 Å². The molecule has 292 valence electrons. The summed E-state index contributed by atoms with van der Waals surface area (Å²) < 4.78 is 4.81. The Hall–Kier alpha value is -5.49. The number of hydrogen-bond acceptors (Lipinski definition) is 7. The van der Waals surface area contributed by atoms with Gasteiger partial charge in [0.05, 0.1) is 42.4 Å². The molecule has 7 rings (SSSR count). The van der Waals surface area contributed by atoms with Crippen LogP contribution in [0.4, 0.5) is 4.79 Å². The second-order valence-corrected chi connectivity index (χ2v) is 14.2.